The number of thioether (sulfide) groups is 1. The number of benzene rings is 1. The van der Waals surface area contributed by atoms with Gasteiger partial charge >= 0.3 is 5.97 Å². The molecule has 198 valence electrons. The number of aliphatic hydroxyl groups is 1. The summed E-state index contributed by atoms with van der Waals surface area (Å²) in [4.78, 5) is 46.9. The SMILES string of the molecule is CCN(CC)c1ccc(N2CC=C[C@]34S[C@@]5(C)C=CCCOC(=O)[C@H]5[C@H]3C(=O)N(CCO)C4C2=O)cc1. The summed E-state index contributed by atoms with van der Waals surface area (Å²) in [6.07, 6.45) is 8.56. The van der Waals surface area contributed by atoms with Crippen molar-refractivity contribution in [3.05, 3.63) is 48.6 Å². The highest BCUT2D eigenvalue weighted by atomic mass is 32.2. The van der Waals surface area contributed by atoms with Crippen LogP contribution < -0.4 is 9.80 Å². The number of likely N-dealkylation sites (tertiary alicyclic amines) is 1. The smallest absolute Gasteiger partial charge is 0.311 e. The minimum absolute atomic E-state index is 0.0327. The number of hydrogen-bond acceptors (Lipinski definition) is 7. The summed E-state index contributed by atoms with van der Waals surface area (Å²) in [5.74, 6) is -2.34. The van der Waals surface area contributed by atoms with E-state index in [9.17, 15) is 19.5 Å². The van der Waals surface area contributed by atoms with E-state index in [0.717, 1.165) is 24.5 Å². The third-order valence-electron chi connectivity index (χ3n) is 8.15. The lowest BCUT2D eigenvalue weighted by atomic mass is 9.74. The van der Waals surface area contributed by atoms with E-state index in [4.69, 9.17) is 4.74 Å². The van der Waals surface area contributed by atoms with Crippen LogP contribution in [-0.4, -0.2) is 82.7 Å². The van der Waals surface area contributed by atoms with Crippen LogP contribution in [0.2, 0.25) is 0 Å². The molecule has 37 heavy (non-hydrogen) atoms. The Morgan fingerprint density at radius 2 is 1.78 bits per heavy atom. The van der Waals surface area contributed by atoms with Crippen molar-refractivity contribution < 1.29 is 24.2 Å². The van der Waals surface area contributed by atoms with Gasteiger partial charge in [-0.25, -0.2) is 0 Å². The second-order valence-electron chi connectivity index (χ2n) is 10.2. The molecular weight excluding hydrogens is 490 g/mol. The molecule has 0 radical (unpaired) electrons. The van der Waals surface area contributed by atoms with Crippen LogP contribution in [0, 0.1) is 11.8 Å². The number of esters is 1. The Bertz CT molecular complexity index is 1130. The zero-order valence-electron chi connectivity index (χ0n) is 21.6. The van der Waals surface area contributed by atoms with Crippen LogP contribution in [0.15, 0.2) is 48.6 Å². The Morgan fingerprint density at radius 3 is 2.46 bits per heavy atom. The monoisotopic (exact) mass is 525 g/mol. The fourth-order valence-corrected chi connectivity index (χ4v) is 8.65. The third-order valence-corrected chi connectivity index (χ3v) is 9.95. The molecule has 5 rings (SSSR count). The Balaban J connectivity index is 1.57. The average molecular weight is 526 g/mol. The second kappa shape index (κ2) is 9.83. The van der Waals surface area contributed by atoms with E-state index in [1.54, 1.807) is 4.90 Å². The van der Waals surface area contributed by atoms with E-state index < -0.39 is 33.3 Å². The molecule has 9 heteroatoms. The lowest BCUT2D eigenvalue weighted by molar-refractivity contribution is -0.154. The summed E-state index contributed by atoms with van der Waals surface area (Å²) >= 11 is 1.51. The number of aliphatic hydroxyl groups excluding tert-OH is 1. The largest absolute Gasteiger partial charge is 0.465 e. The summed E-state index contributed by atoms with van der Waals surface area (Å²) in [6, 6.07) is 7.08. The molecule has 0 aliphatic carbocycles. The molecule has 8 nitrogen and oxygen atoms in total. The molecule has 1 spiro atoms. The molecule has 2 amide bonds. The molecule has 1 unspecified atom stereocenters. The second-order valence-corrected chi connectivity index (χ2v) is 11.9. The Kier molecular flexibility index (Phi) is 6.87. The number of ether oxygens (including phenoxy) is 1. The van der Waals surface area contributed by atoms with Crippen molar-refractivity contribution in [2.75, 3.05) is 49.2 Å². The van der Waals surface area contributed by atoms with Crippen molar-refractivity contribution in [3.8, 4) is 0 Å². The quantitative estimate of drug-likeness (QED) is 0.451. The number of carbonyl (C=O) groups excluding carboxylic acids is 3. The van der Waals surface area contributed by atoms with Crippen molar-refractivity contribution in [2.45, 2.75) is 42.7 Å². The van der Waals surface area contributed by atoms with Crippen LogP contribution in [0.25, 0.3) is 0 Å². The number of fused-ring (bicyclic) bond motifs is 2. The van der Waals surface area contributed by atoms with E-state index in [1.807, 2.05) is 55.5 Å². The maximum Gasteiger partial charge on any atom is 0.311 e. The van der Waals surface area contributed by atoms with Gasteiger partial charge in [0.05, 0.1) is 29.8 Å². The van der Waals surface area contributed by atoms with Crippen LogP contribution >= 0.6 is 11.8 Å². The van der Waals surface area contributed by atoms with E-state index >= 15 is 0 Å². The minimum Gasteiger partial charge on any atom is -0.465 e. The molecule has 1 aromatic rings. The normalized spacial score (nSPS) is 32.9. The number of cyclic esters (lactones) is 1. The van der Waals surface area contributed by atoms with Gasteiger partial charge in [0.15, 0.2) is 0 Å². The summed E-state index contributed by atoms with van der Waals surface area (Å²) < 4.78 is 3.91. The molecular formula is C28H35N3O5S. The average Bonchev–Trinajstić information content (AvgIpc) is 3.19. The van der Waals surface area contributed by atoms with Crippen molar-refractivity contribution in [2.24, 2.45) is 11.8 Å². The van der Waals surface area contributed by atoms with E-state index in [2.05, 4.69) is 18.7 Å². The van der Waals surface area contributed by atoms with Gasteiger partial charge in [0.2, 0.25) is 5.91 Å². The molecule has 5 atom stereocenters. The molecule has 0 aromatic heterocycles. The van der Waals surface area contributed by atoms with Gasteiger partial charge < -0.3 is 24.5 Å². The molecule has 2 fully saturated rings. The van der Waals surface area contributed by atoms with Crippen LogP contribution in [0.3, 0.4) is 0 Å². The van der Waals surface area contributed by atoms with Crippen LogP contribution in [-0.2, 0) is 19.1 Å². The predicted molar refractivity (Wildman–Crippen MR) is 145 cm³/mol. The van der Waals surface area contributed by atoms with Gasteiger partial charge in [-0.05, 0) is 51.5 Å². The molecule has 1 aromatic carbocycles. The zero-order valence-corrected chi connectivity index (χ0v) is 22.4. The first-order chi connectivity index (χ1) is 17.8. The first kappa shape index (κ1) is 25.9. The maximum absolute atomic E-state index is 14.3. The molecule has 4 aliphatic rings. The fraction of sp³-hybridized carbons (Fsp3) is 0.536. The van der Waals surface area contributed by atoms with Gasteiger partial charge in [-0.1, -0.05) is 24.3 Å². The molecule has 2 saturated heterocycles. The van der Waals surface area contributed by atoms with Gasteiger partial charge in [-0.2, -0.15) is 0 Å². The highest BCUT2D eigenvalue weighted by Gasteiger charge is 2.73. The van der Waals surface area contributed by atoms with Crippen molar-refractivity contribution in [3.63, 3.8) is 0 Å². The van der Waals surface area contributed by atoms with Gasteiger partial charge in [0.1, 0.15) is 6.04 Å². The zero-order chi connectivity index (χ0) is 26.4. The van der Waals surface area contributed by atoms with E-state index in [1.165, 1.54) is 16.7 Å². The Morgan fingerprint density at radius 1 is 1.05 bits per heavy atom. The molecule has 1 N–H and O–H groups in total. The fourth-order valence-electron chi connectivity index (χ4n) is 6.50. The van der Waals surface area contributed by atoms with Crippen LogP contribution in [0.1, 0.15) is 27.2 Å². The predicted octanol–water partition coefficient (Wildman–Crippen LogP) is 2.62. The standard InChI is InChI=1S/C28H35N3O5S/c1-4-29(5-2)19-9-11-20(12-10-19)30-15-8-14-28-21(24(33)31(16-17-32)23(28)25(30)34)22-26(35)36-18-7-6-13-27(22,3)37-28/h6,8-14,21-23,32H,4-5,7,15-18H2,1-3H3/t21-,22+,23?,27-,28-/m0/s1. The summed E-state index contributed by atoms with van der Waals surface area (Å²) in [7, 11) is 0. The van der Waals surface area contributed by atoms with Crippen LogP contribution in [0.4, 0.5) is 11.4 Å². The Labute approximate surface area is 222 Å². The highest BCUT2D eigenvalue weighted by Crippen LogP contribution is 2.65. The molecule has 4 heterocycles. The summed E-state index contributed by atoms with van der Waals surface area (Å²) in [5, 5.41) is 9.83. The van der Waals surface area contributed by atoms with Gasteiger partial charge in [-0.15, -0.1) is 11.8 Å². The first-order valence-corrected chi connectivity index (χ1v) is 13.9. The van der Waals surface area contributed by atoms with Crippen molar-refractivity contribution in [1.29, 1.82) is 0 Å². The highest BCUT2D eigenvalue weighted by molar-refractivity contribution is 8.02. The topological polar surface area (TPSA) is 90.4 Å². The number of hydrogen-bond donors (Lipinski definition) is 1. The lowest BCUT2D eigenvalue weighted by Crippen LogP contribution is -2.54. The summed E-state index contributed by atoms with van der Waals surface area (Å²) in [6.45, 7) is 8.35. The summed E-state index contributed by atoms with van der Waals surface area (Å²) in [5.41, 5.74) is 1.84. The van der Waals surface area contributed by atoms with Gasteiger partial charge in [-0.3, -0.25) is 14.4 Å². The third kappa shape index (κ3) is 3.98. The number of β-amino-alcohol motifs (C(OH)–C–C–N with tert-alkyl or cyclic N) is 1. The number of anilines is 2. The van der Waals surface area contributed by atoms with E-state index in [-0.39, 0.29) is 31.6 Å². The number of rotatable bonds is 6. The number of amides is 2. The van der Waals surface area contributed by atoms with Gasteiger partial charge in [0, 0.05) is 42.3 Å². The van der Waals surface area contributed by atoms with Gasteiger partial charge in [0.25, 0.3) is 5.91 Å². The molecule has 4 aliphatic heterocycles. The molecule has 0 bridgehead atoms. The lowest BCUT2D eigenvalue weighted by Gasteiger charge is -2.37. The van der Waals surface area contributed by atoms with Crippen molar-refractivity contribution >= 4 is 40.9 Å². The minimum atomic E-state index is -0.938. The molecule has 0 saturated carbocycles. The number of nitrogens with zero attached hydrogens (tertiary/aromatic N) is 3. The van der Waals surface area contributed by atoms with Crippen LogP contribution in [0.5, 0.6) is 0 Å². The number of carbonyl (C=O) groups is 3. The first-order valence-electron chi connectivity index (χ1n) is 13.1. The van der Waals surface area contributed by atoms with Crippen molar-refractivity contribution in [1.82, 2.24) is 4.90 Å². The maximum atomic E-state index is 14.3. The Hall–Kier alpha value is -2.78. The van der Waals surface area contributed by atoms with E-state index in [0.29, 0.717) is 13.0 Å².